The normalized spacial score (nSPS) is 9.80. The van der Waals surface area contributed by atoms with Gasteiger partial charge in [0.15, 0.2) is 0 Å². The van der Waals surface area contributed by atoms with Crippen molar-refractivity contribution in [2.24, 2.45) is 0 Å². The van der Waals surface area contributed by atoms with E-state index in [4.69, 9.17) is 4.74 Å². The lowest BCUT2D eigenvalue weighted by Gasteiger charge is -2.08. The van der Waals surface area contributed by atoms with Crippen LogP contribution in [0.1, 0.15) is 29.8 Å². The third-order valence-corrected chi connectivity index (χ3v) is 2.26. The van der Waals surface area contributed by atoms with Crippen LogP contribution in [0.3, 0.4) is 0 Å². The van der Waals surface area contributed by atoms with Gasteiger partial charge in [-0.25, -0.2) is 0 Å². The van der Waals surface area contributed by atoms with E-state index >= 15 is 0 Å². The van der Waals surface area contributed by atoms with E-state index in [1.165, 1.54) is 0 Å². The number of rotatable bonds is 4. The fourth-order valence-electron chi connectivity index (χ4n) is 1.46. The van der Waals surface area contributed by atoms with Gasteiger partial charge < -0.3 is 10.1 Å². The van der Waals surface area contributed by atoms with Gasteiger partial charge in [-0.05, 0) is 37.1 Å². The van der Waals surface area contributed by atoms with Crippen LogP contribution in [0.15, 0.2) is 18.2 Å². The van der Waals surface area contributed by atoms with Gasteiger partial charge in [0.05, 0.1) is 7.11 Å². The number of ether oxygens (including phenoxy) is 1. The number of hydrogen-bond acceptors (Lipinski definition) is 2. The number of benzene rings is 1. The Hall–Kier alpha value is -1.51. The Kier molecular flexibility index (Phi) is 4.16. The molecule has 15 heavy (non-hydrogen) atoms. The molecule has 0 heterocycles. The molecule has 0 spiro atoms. The Balaban J connectivity index is 2.97. The molecule has 1 amide bonds. The molecule has 3 heteroatoms. The average molecular weight is 207 g/mol. The van der Waals surface area contributed by atoms with Crippen LogP contribution in [0.4, 0.5) is 0 Å². The van der Waals surface area contributed by atoms with Crippen molar-refractivity contribution in [3.63, 3.8) is 0 Å². The Morgan fingerprint density at radius 2 is 2.13 bits per heavy atom. The van der Waals surface area contributed by atoms with E-state index in [1.54, 1.807) is 13.2 Å². The molecule has 0 aliphatic heterocycles. The van der Waals surface area contributed by atoms with Gasteiger partial charge in [0.1, 0.15) is 5.75 Å². The van der Waals surface area contributed by atoms with Crippen LogP contribution < -0.4 is 10.1 Å². The molecule has 0 radical (unpaired) electrons. The summed E-state index contributed by atoms with van der Waals surface area (Å²) in [4.78, 5) is 11.6. The number of methoxy groups -OCH3 is 1. The van der Waals surface area contributed by atoms with Crippen LogP contribution in [0.5, 0.6) is 5.75 Å². The van der Waals surface area contributed by atoms with Crippen LogP contribution in [0, 0.1) is 0 Å². The summed E-state index contributed by atoms with van der Waals surface area (Å²) in [5.74, 6) is 0.806. The molecule has 1 aromatic rings. The number of carbonyl (C=O) groups excluding carboxylic acids is 1. The average Bonchev–Trinajstić information content (AvgIpc) is 2.28. The van der Waals surface area contributed by atoms with Gasteiger partial charge in [0.25, 0.3) is 5.91 Å². The zero-order chi connectivity index (χ0) is 11.3. The van der Waals surface area contributed by atoms with Crippen molar-refractivity contribution in [1.29, 1.82) is 0 Å². The van der Waals surface area contributed by atoms with Crippen LogP contribution in [-0.2, 0) is 6.42 Å². The lowest BCUT2D eigenvalue weighted by atomic mass is 10.1. The minimum absolute atomic E-state index is 0.0325. The van der Waals surface area contributed by atoms with Gasteiger partial charge >= 0.3 is 0 Å². The van der Waals surface area contributed by atoms with Gasteiger partial charge in [-0.1, -0.05) is 6.92 Å². The molecule has 0 aliphatic rings. The zero-order valence-corrected chi connectivity index (χ0v) is 9.46. The molecular formula is C12H17NO2. The van der Waals surface area contributed by atoms with E-state index in [0.717, 1.165) is 17.7 Å². The van der Waals surface area contributed by atoms with Gasteiger partial charge in [0, 0.05) is 12.1 Å². The van der Waals surface area contributed by atoms with E-state index < -0.39 is 0 Å². The summed E-state index contributed by atoms with van der Waals surface area (Å²) in [5.41, 5.74) is 1.75. The topological polar surface area (TPSA) is 38.3 Å². The van der Waals surface area contributed by atoms with Crippen molar-refractivity contribution in [1.82, 2.24) is 5.32 Å². The summed E-state index contributed by atoms with van der Waals surface area (Å²) < 4.78 is 5.20. The maximum Gasteiger partial charge on any atom is 0.251 e. The van der Waals surface area contributed by atoms with E-state index in [2.05, 4.69) is 5.32 Å². The van der Waals surface area contributed by atoms with Crippen molar-refractivity contribution in [2.75, 3.05) is 13.7 Å². The first-order valence-electron chi connectivity index (χ1n) is 5.18. The summed E-state index contributed by atoms with van der Waals surface area (Å²) in [6.07, 6.45) is 0.858. The molecule has 0 saturated carbocycles. The van der Waals surface area contributed by atoms with Crippen LogP contribution in [0.25, 0.3) is 0 Å². The largest absolute Gasteiger partial charge is 0.496 e. The maximum atomic E-state index is 11.6. The highest BCUT2D eigenvalue weighted by Crippen LogP contribution is 2.20. The number of carbonyl (C=O) groups is 1. The Bertz CT molecular complexity index is 347. The molecule has 1 rings (SSSR count). The summed E-state index contributed by atoms with van der Waals surface area (Å²) in [6, 6.07) is 5.50. The van der Waals surface area contributed by atoms with Crippen molar-refractivity contribution in [3.8, 4) is 5.75 Å². The van der Waals surface area contributed by atoms with E-state index in [-0.39, 0.29) is 5.91 Å². The molecule has 0 aliphatic carbocycles. The Labute approximate surface area is 90.4 Å². The van der Waals surface area contributed by atoms with Crippen molar-refractivity contribution >= 4 is 5.91 Å². The van der Waals surface area contributed by atoms with Crippen molar-refractivity contribution in [2.45, 2.75) is 20.3 Å². The third-order valence-electron chi connectivity index (χ3n) is 2.26. The van der Waals surface area contributed by atoms with E-state index in [0.29, 0.717) is 12.1 Å². The van der Waals surface area contributed by atoms with Gasteiger partial charge in [-0.15, -0.1) is 0 Å². The van der Waals surface area contributed by atoms with Crippen LogP contribution in [0.2, 0.25) is 0 Å². The summed E-state index contributed by atoms with van der Waals surface area (Å²) in [7, 11) is 1.64. The van der Waals surface area contributed by atoms with E-state index in [9.17, 15) is 4.79 Å². The van der Waals surface area contributed by atoms with Gasteiger partial charge in [-0.2, -0.15) is 0 Å². The third kappa shape index (κ3) is 2.72. The lowest BCUT2D eigenvalue weighted by Crippen LogP contribution is -2.22. The second-order valence-electron chi connectivity index (χ2n) is 3.24. The number of amides is 1. The molecular weight excluding hydrogens is 190 g/mol. The van der Waals surface area contributed by atoms with Crippen LogP contribution >= 0.6 is 0 Å². The molecule has 0 saturated heterocycles. The number of hydrogen-bond donors (Lipinski definition) is 1. The molecule has 0 fully saturated rings. The van der Waals surface area contributed by atoms with E-state index in [1.807, 2.05) is 26.0 Å². The maximum absolute atomic E-state index is 11.6. The highest BCUT2D eigenvalue weighted by Gasteiger charge is 2.07. The fourth-order valence-corrected chi connectivity index (χ4v) is 1.46. The quantitative estimate of drug-likeness (QED) is 0.820. The molecule has 82 valence electrons. The molecule has 0 aromatic heterocycles. The highest BCUT2D eigenvalue weighted by molar-refractivity contribution is 5.94. The SMILES string of the molecule is CCNC(=O)c1ccc(OC)c(CC)c1. The molecule has 1 N–H and O–H groups in total. The summed E-state index contributed by atoms with van der Waals surface area (Å²) in [6.45, 7) is 4.59. The first-order valence-corrected chi connectivity index (χ1v) is 5.18. The lowest BCUT2D eigenvalue weighted by molar-refractivity contribution is 0.0955. The molecule has 0 atom stereocenters. The predicted molar refractivity (Wildman–Crippen MR) is 60.4 cm³/mol. The molecule has 3 nitrogen and oxygen atoms in total. The Morgan fingerprint density at radius 1 is 1.40 bits per heavy atom. The van der Waals surface area contributed by atoms with Crippen LogP contribution in [-0.4, -0.2) is 19.6 Å². The first kappa shape index (κ1) is 11.6. The summed E-state index contributed by atoms with van der Waals surface area (Å²) >= 11 is 0. The van der Waals surface area contributed by atoms with Crippen molar-refractivity contribution in [3.05, 3.63) is 29.3 Å². The smallest absolute Gasteiger partial charge is 0.251 e. The number of aryl methyl sites for hydroxylation is 1. The second kappa shape index (κ2) is 5.39. The van der Waals surface area contributed by atoms with Crippen molar-refractivity contribution < 1.29 is 9.53 Å². The predicted octanol–water partition coefficient (Wildman–Crippen LogP) is 2.01. The Morgan fingerprint density at radius 3 is 2.67 bits per heavy atom. The second-order valence-corrected chi connectivity index (χ2v) is 3.24. The van der Waals surface area contributed by atoms with Gasteiger partial charge in [0.2, 0.25) is 0 Å². The van der Waals surface area contributed by atoms with Gasteiger partial charge in [-0.3, -0.25) is 4.79 Å². The monoisotopic (exact) mass is 207 g/mol. The number of nitrogens with one attached hydrogen (secondary N) is 1. The summed E-state index contributed by atoms with van der Waals surface area (Å²) in [5, 5.41) is 2.77. The molecule has 0 unspecified atom stereocenters. The molecule has 1 aromatic carbocycles. The fraction of sp³-hybridized carbons (Fsp3) is 0.417. The highest BCUT2D eigenvalue weighted by atomic mass is 16.5. The molecule has 0 bridgehead atoms. The standard InChI is InChI=1S/C12H17NO2/c1-4-9-8-10(12(14)13-5-2)6-7-11(9)15-3/h6-8H,4-5H2,1-3H3,(H,13,14). The first-order chi connectivity index (χ1) is 7.22. The minimum Gasteiger partial charge on any atom is -0.496 e. The minimum atomic E-state index is -0.0325. The zero-order valence-electron chi connectivity index (χ0n) is 9.46.